The first-order valence-electron chi connectivity index (χ1n) is 7.51. The maximum absolute atomic E-state index is 11.6. The van der Waals surface area contributed by atoms with Gasteiger partial charge in [0.1, 0.15) is 6.10 Å². The summed E-state index contributed by atoms with van der Waals surface area (Å²) in [6, 6.07) is 0. The van der Waals surface area contributed by atoms with Crippen LogP contribution in [0.15, 0.2) is 0 Å². The van der Waals surface area contributed by atoms with Gasteiger partial charge in [-0.1, -0.05) is 52.4 Å². The van der Waals surface area contributed by atoms with E-state index in [4.69, 9.17) is 9.84 Å². The maximum Gasteiger partial charge on any atom is 0.307 e. The minimum atomic E-state index is -0.911. The second-order valence-corrected chi connectivity index (χ2v) is 5.02. The number of carboxylic acid groups (broad SMARTS) is 1. The van der Waals surface area contributed by atoms with Crippen LogP contribution in [0.2, 0.25) is 0 Å². The van der Waals surface area contributed by atoms with E-state index in [-0.39, 0.29) is 12.4 Å². The van der Waals surface area contributed by atoms with E-state index in [1.165, 1.54) is 19.3 Å². The van der Waals surface area contributed by atoms with Crippen LogP contribution >= 0.6 is 0 Å². The average Bonchev–Trinajstić information content (AvgIpc) is 2.33. The van der Waals surface area contributed by atoms with Crippen LogP contribution in [-0.2, 0) is 14.3 Å². The molecule has 0 rings (SSSR count). The van der Waals surface area contributed by atoms with Crippen molar-refractivity contribution in [3.05, 3.63) is 0 Å². The summed E-state index contributed by atoms with van der Waals surface area (Å²) in [5.41, 5.74) is 0. The van der Waals surface area contributed by atoms with Crippen molar-refractivity contribution in [2.75, 3.05) is 0 Å². The molecule has 0 aliphatic rings. The van der Waals surface area contributed by atoms with Crippen molar-refractivity contribution >= 4 is 11.9 Å². The summed E-state index contributed by atoms with van der Waals surface area (Å²) < 4.78 is 5.21. The largest absolute Gasteiger partial charge is 0.481 e. The average molecular weight is 272 g/mol. The quantitative estimate of drug-likeness (QED) is 0.432. The zero-order valence-corrected chi connectivity index (χ0v) is 12.3. The summed E-state index contributed by atoms with van der Waals surface area (Å²) in [5.74, 6) is -1.17. The molecule has 4 nitrogen and oxygen atoms in total. The molecule has 0 saturated carbocycles. The highest BCUT2D eigenvalue weighted by molar-refractivity contribution is 5.71. The lowest BCUT2D eigenvalue weighted by atomic mass is 10.1. The van der Waals surface area contributed by atoms with E-state index in [2.05, 4.69) is 6.92 Å². The summed E-state index contributed by atoms with van der Waals surface area (Å²) >= 11 is 0. The highest BCUT2D eigenvalue weighted by Gasteiger charge is 2.16. The topological polar surface area (TPSA) is 63.6 Å². The van der Waals surface area contributed by atoms with Gasteiger partial charge in [0.15, 0.2) is 0 Å². The van der Waals surface area contributed by atoms with E-state index in [0.29, 0.717) is 12.8 Å². The third-order valence-electron chi connectivity index (χ3n) is 3.05. The lowest BCUT2D eigenvalue weighted by Crippen LogP contribution is -2.21. The van der Waals surface area contributed by atoms with Crippen LogP contribution in [0.4, 0.5) is 0 Å². The van der Waals surface area contributed by atoms with E-state index in [1.54, 1.807) is 0 Å². The zero-order chi connectivity index (χ0) is 14.5. The van der Waals surface area contributed by atoms with Gasteiger partial charge in [0, 0.05) is 6.42 Å². The molecular weight excluding hydrogens is 244 g/mol. The van der Waals surface area contributed by atoms with E-state index in [0.717, 1.165) is 25.7 Å². The molecule has 0 aliphatic heterocycles. The molecule has 0 aromatic rings. The third kappa shape index (κ3) is 11.7. The molecule has 0 aliphatic carbocycles. The first-order chi connectivity index (χ1) is 9.10. The van der Waals surface area contributed by atoms with Crippen LogP contribution in [0.5, 0.6) is 0 Å². The lowest BCUT2D eigenvalue weighted by Gasteiger charge is -2.15. The van der Waals surface area contributed by atoms with Gasteiger partial charge in [0.2, 0.25) is 0 Å². The number of hydrogen-bond acceptors (Lipinski definition) is 3. The molecule has 0 saturated heterocycles. The fourth-order valence-electron chi connectivity index (χ4n) is 2.01. The van der Waals surface area contributed by atoms with Gasteiger partial charge in [-0.05, 0) is 12.8 Å². The predicted molar refractivity (Wildman–Crippen MR) is 75.0 cm³/mol. The number of carbonyl (C=O) groups is 2. The van der Waals surface area contributed by atoms with Gasteiger partial charge >= 0.3 is 11.9 Å². The second kappa shape index (κ2) is 12.0. The molecule has 0 heterocycles. The van der Waals surface area contributed by atoms with E-state index in [1.807, 2.05) is 6.92 Å². The molecule has 1 atom stereocenters. The number of esters is 1. The molecule has 0 fully saturated rings. The molecule has 0 spiro atoms. The Morgan fingerprint density at radius 1 is 1.00 bits per heavy atom. The number of rotatable bonds is 12. The first kappa shape index (κ1) is 17.9. The second-order valence-electron chi connectivity index (χ2n) is 5.02. The van der Waals surface area contributed by atoms with Crippen molar-refractivity contribution in [3.8, 4) is 0 Å². The van der Waals surface area contributed by atoms with E-state index < -0.39 is 12.1 Å². The van der Waals surface area contributed by atoms with Gasteiger partial charge in [-0.3, -0.25) is 9.59 Å². The summed E-state index contributed by atoms with van der Waals surface area (Å²) in [6.45, 7) is 4.13. The summed E-state index contributed by atoms with van der Waals surface area (Å²) in [5, 5.41) is 8.73. The van der Waals surface area contributed by atoms with Crippen LogP contribution in [0.3, 0.4) is 0 Å². The Bertz CT molecular complexity index is 251. The third-order valence-corrected chi connectivity index (χ3v) is 3.05. The molecule has 1 unspecified atom stereocenters. The summed E-state index contributed by atoms with van der Waals surface area (Å²) in [4.78, 5) is 22.2. The monoisotopic (exact) mass is 272 g/mol. The number of carbonyl (C=O) groups excluding carboxylic acids is 1. The van der Waals surface area contributed by atoms with Gasteiger partial charge < -0.3 is 9.84 Å². The van der Waals surface area contributed by atoms with E-state index in [9.17, 15) is 9.59 Å². The Balaban J connectivity index is 3.71. The number of aliphatic carboxylic acids is 1. The van der Waals surface area contributed by atoms with Crippen LogP contribution in [-0.4, -0.2) is 23.1 Å². The SMILES string of the molecule is CCCCCCCCC(=O)OC(CCC)CC(=O)O. The van der Waals surface area contributed by atoms with Gasteiger partial charge in [-0.25, -0.2) is 0 Å². The number of hydrogen-bond donors (Lipinski definition) is 1. The van der Waals surface area contributed by atoms with Crippen molar-refractivity contribution in [1.82, 2.24) is 0 Å². The smallest absolute Gasteiger partial charge is 0.307 e. The minimum Gasteiger partial charge on any atom is -0.481 e. The van der Waals surface area contributed by atoms with Gasteiger partial charge in [0.05, 0.1) is 6.42 Å². The highest BCUT2D eigenvalue weighted by atomic mass is 16.5. The Morgan fingerprint density at radius 3 is 2.21 bits per heavy atom. The number of ether oxygens (including phenoxy) is 1. The molecule has 0 radical (unpaired) electrons. The van der Waals surface area contributed by atoms with Crippen LogP contribution < -0.4 is 0 Å². The summed E-state index contributed by atoms with van der Waals surface area (Å²) in [7, 11) is 0. The molecule has 112 valence electrons. The molecule has 1 N–H and O–H groups in total. The van der Waals surface area contributed by atoms with Crippen LogP contribution in [0.25, 0.3) is 0 Å². The van der Waals surface area contributed by atoms with Crippen molar-refractivity contribution in [1.29, 1.82) is 0 Å². The minimum absolute atomic E-state index is 0.0872. The maximum atomic E-state index is 11.6. The summed E-state index contributed by atoms with van der Waals surface area (Å²) in [6.07, 6.45) is 8.05. The number of unbranched alkanes of at least 4 members (excludes halogenated alkanes) is 5. The van der Waals surface area contributed by atoms with Crippen molar-refractivity contribution in [2.45, 2.75) is 84.2 Å². The van der Waals surface area contributed by atoms with E-state index >= 15 is 0 Å². The molecule has 0 aromatic carbocycles. The Morgan fingerprint density at radius 2 is 1.63 bits per heavy atom. The van der Waals surface area contributed by atoms with Gasteiger partial charge in [0.25, 0.3) is 0 Å². The molecule has 0 bridgehead atoms. The normalized spacial score (nSPS) is 12.1. The molecule has 19 heavy (non-hydrogen) atoms. The Kier molecular flexibility index (Phi) is 11.3. The van der Waals surface area contributed by atoms with Crippen LogP contribution in [0.1, 0.15) is 78.1 Å². The Hall–Kier alpha value is -1.06. The van der Waals surface area contributed by atoms with Crippen molar-refractivity contribution in [3.63, 3.8) is 0 Å². The fourth-order valence-corrected chi connectivity index (χ4v) is 2.01. The lowest BCUT2D eigenvalue weighted by molar-refractivity contribution is -0.153. The standard InChI is InChI=1S/C15H28O4/c1-3-5-6-7-8-9-11-15(18)19-13(10-4-2)12-14(16)17/h13H,3-12H2,1-2H3,(H,16,17). The predicted octanol–water partition coefficient (Wildman–Crippen LogP) is 3.92. The number of carboxylic acids is 1. The fraction of sp³-hybridized carbons (Fsp3) is 0.867. The Labute approximate surface area is 116 Å². The highest BCUT2D eigenvalue weighted by Crippen LogP contribution is 2.11. The first-order valence-corrected chi connectivity index (χ1v) is 7.51. The van der Waals surface area contributed by atoms with Crippen molar-refractivity contribution < 1.29 is 19.4 Å². The van der Waals surface area contributed by atoms with Crippen molar-refractivity contribution in [2.24, 2.45) is 0 Å². The van der Waals surface area contributed by atoms with Gasteiger partial charge in [-0.15, -0.1) is 0 Å². The molecule has 0 amide bonds. The zero-order valence-electron chi connectivity index (χ0n) is 12.3. The van der Waals surface area contributed by atoms with Crippen LogP contribution in [0, 0.1) is 0 Å². The molecule has 0 aromatic heterocycles. The molecular formula is C15H28O4. The van der Waals surface area contributed by atoms with Gasteiger partial charge in [-0.2, -0.15) is 0 Å². The molecule has 4 heteroatoms.